The Morgan fingerprint density at radius 3 is 2.21 bits per heavy atom. The molecule has 4 aromatic rings. The summed E-state index contributed by atoms with van der Waals surface area (Å²) in [7, 11) is 0. The lowest BCUT2D eigenvalue weighted by Gasteiger charge is -2.14. The van der Waals surface area contributed by atoms with E-state index in [4.69, 9.17) is 10.7 Å². The summed E-state index contributed by atoms with van der Waals surface area (Å²) >= 11 is 0. The highest BCUT2D eigenvalue weighted by Gasteiger charge is 2.16. The van der Waals surface area contributed by atoms with Gasteiger partial charge >= 0.3 is 0 Å². The van der Waals surface area contributed by atoms with Crippen molar-refractivity contribution in [1.82, 2.24) is 15.0 Å². The quantitative estimate of drug-likeness (QED) is 0.502. The maximum absolute atomic E-state index is 13.4. The molecule has 4 rings (SSSR count). The number of nitrogen functional groups attached to an aromatic ring is 1. The van der Waals surface area contributed by atoms with Crippen molar-refractivity contribution in [3.05, 3.63) is 96.3 Å². The molecule has 2 aromatic carbocycles. The number of halogens is 1. The highest BCUT2D eigenvalue weighted by atomic mass is 19.1. The van der Waals surface area contributed by atoms with Crippen molar-refractivity contribution < 1.29 is 4.39 Å². The third-order valence-electron chi connectivity index (χ3n) is 4.78. The molecule has 144 valence electrons. The Balaban J connectivity index is 1.68. The van der Waals surface area contributed by atoms with Crippen LogP contribution in [-0.4, -0.2) is 15.0 Å². The smallest absolute Gasteiger partial charge is 0.135 e. The predicted molar refractivity (Wildman–Crippen MR) is 114 cm³/mol. The van der Waals surface area contributed by atoms with E-state index in [2.05, 4.69) is 22.1 Å². The van der Waals surface area contributed by atoms with Crippen molar-refractivity contribution in [2.75, 3.05) is 5.73 Å². The zero-order chi connectivity index (χ0) is 20.1. The Hall–Kier alpha value is -3.60. The molecule has 0 atom stereocenters. The standard InChI is InChI=1S/C24H21FN4/c25-20-11-9-18(10-12-20)22-23(19-13-15-27-16-14-19)28-21(29-24(22)26)8-4-7-17-5-2-1-3-6-17/h1-3,5-6,9-16H,4,7-8H2,(H2,26,28,29). The summed E-state index contributed by atoms with van der Waals surface area (Å²) in [6.07, 6.45) is 6.04. The van der Waals surface area contributed by atoms with Crippen LogP contribution in [0.2, 0.25) is 0 Å². The number of hydrogen-bond acceptors (Lipinski definition) is 4. The molecule has 0 spiro atoms. The van der Waals surface area contributed by atoms with Crippen LogP contribution < -0.4 is 5.73 Å². The lowest BCUT2D eigenvalue weighted by Crippen LogP contribution is -2.06. The first kappa shape index (κ1) is 18.7. The summed E-state index contributed by atoms with van der Waals surface area (Å²) in [5, 5.41) is 0. The van der Waals surface area contributed by atoms with E-state index in [0.29, 0.717) is 17.2 Å². The topological polar surface area (TPSA) is 64.7 Å². The van der Waals surface area contributed by atoms with Gasteiger partial charge in [0, 0.05) is 24.4 Å². The minimum atomic E-state index is -0.295. The van der Waals surface area contributed by atoms with Crippen LogP contribution in [0.25, 0.3) is 22.4 Å². The molecule has 0 bridgehead atoms. The molecule has 2 N–H and O–H groups in total. The largest absolute Gasteiger partial charge is 0.383 e. The van der Waals surface area contributed by atoms with Crippen LogP contribution >= 0.6 is 0 Å². The van der Waals surface area contributed by atoms with Crippen LogP contribution in [0, 0.1) is 5.82 Å². The molecular formula is C24H21FN4. The maximum Gasteiger partial charge on any atom is 0.135 e. The van der Waals surface area contributed by atoms with Crippen LogP contribution in [0.15, 0.2) is 79.1 Å². The van der Waals surface area contributed by atoms with Gasteiger partial charge in [-0.05, 0) is 48.2 Å². The summed E-state index contributed by atoms with van der Waals surface area (Å²) < 4.78 is 13.4. The Kier molecular flexibility index (Phi) is 5.56. The normalized spacial score (nSPS) is 10.8. The lowest BCUT2D eigenvalue weighted by molar-refractivity contribution is 0.628. The Bertz CT molecular complexity index is 1080. The zero-order valence-corrected chi connectivity index (χ0v) is 15.9. The Morgan fingerprint density at radius 1 is 0.759 bits per heavy atom. The molecule has 0 aliphatic rings. The molecule has 0 radical (unpaired) electrons. The fourth-order valence-electron chi connectivity index (χ4n) is 3.35. The van der Waals surface area contributed by atoms with E-state index in [1.807, 2.05) is 30.3 Å². The molecule has 0 aliphatic heterocycles. The van der Waals surface area contributed by atoms with Gasteiger partial charge in [0.1, 0.15) is 17.5 Å². The first-order valence-electron chi connectivity index (χ1n) is 9.57. The Labute approximate surface area is 169 Å². The first-order chi connectivity index (χ1) is 14.2. The highest BCUT2D eigenvalue weighted by molar-refractivity contribution is 5.87. The maximum atomic E-state index is 13.4. The molecule has 0 saturated heterocycles. The SMILES string of the molecule is Nc1nc(CCCc2ccccc2)nc(-c2ccncc2)c1-c1ccc(F)cc1. The van der Waals surface area contributed by atoms with Gasteiger partial charge in [-0.3, -0.25) is 4.98 Å². The van der Waals surface area contributed by atoms with Gasteiger partial charge < -0.3 is 5.73 Å². The van der Waals surface area contributed by atoms with Crippen LogP contribution in [0.5, 0.6) is 0 Å². The average Bonchev–Trinajstić information content (AvgIpc) is 2.76. The summed E-state index contributed by atoms with van der Waals surface area (Å²) in [5.74, 6) is 0.806. The van der Waals surface area contributed by atoms with Crippen LogP contribution in [0.1, 0.15) is 17.8 Å². The second-order valence-electron chi connectivity index (χ2n) is 6.83. The Morgan fingerprint density at radius 2 is 1.48 bits per heavy atom. The monoisotopic (exact) mass is 384 g/mol. The number of aromatic nitrogens is 3. The number of aryl methyl sites for hydroxylation is 2. The number of hydrogen-bond donors (Lipinski definition) is 1. The van der Waals surface area contributed by atoms with Crippen molar-refractivity contribution in [3.63, 3.8) is 0 Å². The van der Waals surface area contributed by atoms with Crippen LogP contribution in [0.4, 0.5) is 10.2 Å². The molecule has 0 fully saturated rings. The molecule has 29 heavy (non-hydrogen) atoms. The van der Waals surface area contributed by atoms with Gasteiger partial charge in [0.05, 0.1) is 11.3 Å². The number of pyridine rings is 1. The second-order valence-corrected chi connectivity index (χ2v) is 6.83. The van der Waals surface area contributed by atoms with Crippen molar-refractivity contribution in [1.29, 1.82) is 0 Å². The lowest BCUT2D eigenvalue weighted by atomic mass is 10.00. The van der Waals surface area contributed by atoms with Crippen molar-refractivity contribution in [2.24, 2.45) is 0 Å². The molecule has 0 aliphatic carbocycles. The summed E-state index contributed by atoms with van der Waals surface area (Å²) in [4.78, 5) is 13.5. The fourth-order valence-corrected chi connectivity index (χ4v) is 3.35. The van der Waals surface area contributed by atoms with E-state index in [1.165, 1.54) is 17.7 Å². The van der Waals surface area contributed by atoms with E-state index < -0.39 is 0 Å². The van der Waals surface area contributed by atoms with Gasteiger partial charge in [0.25, 0.3) is 0 Å². The summed E-state index contributed by atoms with van der Waals surface area (Å²) in [6, 6.07) is 20.4. The highest BCUT2D eigenvalue weighted by Crippen LogP contribution is 2.34. The predicted octanol–water partition coefficient (Wildman–Crippen LogP) is 5.10. The molecule has 2 aromatic heterocycles. The van der Waals surface area contributed by atoms with E-state index in [0.717, 1.165) is 36.1 Å². The van der Waals surface area contributed by atoms with E-state index >= 15 is 0 Å². The van der Waals surface area contributed by atoms with Crippen molar-refractivity contribution in [3.8, 4) is 22.4 Å². The molecule has 0 amide bonds. The first-order valence-corrected chi connectivity index (χ1v) is 9.57. The van der Waals surface area contributed by atoms with E-state index in [1.54, 1.807) is 24.5 Å². The van der Waals surface area contributed by atoms with E-state index in [-0.39, 0.29) is 5.82 Å². The number of nitrogens with zero attached hydrogens (tertiary/aromatic N) is 3. The average molecular weight is 384 g/mol. The summed E-state index contributed by atoms with van der Waals surface area (Å²) in [6.45, 7) is 0. The molecule has 4 nitrogen and oxygen atoms in total. The number of benzene rings is 2. The molecule has 0 unspecified atom stereocenters. The van der Waals surface area contributed by atoms with Crippen LogP contribution in [0.3, 0.4) is 0 Å². The van der Waals surface area contributed by atoms with Crippen molar-refractivity contribution in [2.45, 2.75) is 19.3 Å². The van der Waals surface area contributed by atoms with Gasteiger partial charge in [0.2, 0.25) is 0 Å². The van der Waals surface area contributed by atoms with Crippen molar-refractivity contribution >= 4 is 5.82 Å². The number of rotatable bonds is 6. The molecule has 5 heteroatoms. The van der Waals surface area contributed by atoms with Crippen LogP contribution in [-0.2, 0) is 12.8 Å². The second kappa shape index (κ2) is 8.61. The third-order valence-corrected chi connectivity index (χ3v) is 4.78. The van der Waals surface area contributed by atoms with Gasteiger partial charge in [-0.2, -0.15) is 0 Å². The number of anilines is 1. The minimum Gasteiger partial charge on any atom is -0.383 e. The van der Waals surface area contributed by atoms with Gasteiger partial charge in [-0.1, -0.05) is 42.5 Å². The minimum absolute atomic E-state index is 0.295. The molecular weight excluding hydrogens is 363 g/mol. The number of nitrogens with two attached hydrogens (primary N) is 1. The van der Waals surface area contributed by atoms with Gasteiger partial charge in [-0.15, -0.1) is 0 Å². The summed E-state index contributed by atoms with van der Waals surface area (Å²) in [5.41, 5.74) is 10.8. The van der Waals surface area contributed by atoms with E-state index in [9.17, 15) is 4.39 Å². The molecule has 2 heterocycles. The van der Waals surface area contributed by atoms with Gasteiger partial charge in [-0.25, -0.2) is 14.4 Å². The third kappa shape index (κ3) is 4.46. The fraction of sp³-hybridized carbons (Fsp3) is 0.125. The van der Waals surface area contributed by atoms with Gasteiger partial charge in [0.15, 0.2) is 0 Å². The zero-order valence-electron chi connectivity index (χ0n) is 15.9. The molecule has 0 saturated carbocycles.